The van der Waals surface area contributed by atoms with Gasteiger partial charge in [-0.05, 0) is 30.3 Å². The van der Waals surface area contributed by atoms with Crippen molar-refractivity contribution < 1.29 is 18.0 Å². The van der Waals surface area contributed by atoms with E-state index in [1.165, 1.54) is 23.0 Å². The minimum Gasteiger partial charge on any atom is -0.325 e. The van der Waals surface area contributed by atoms with E-state index < -0.39 is 23.2 Å². The van der Waals surface area contributed by atoms with Crippen molar-refractivity contribution in [1.82, 2.24) is 19.7 Å². The number of alkyl halides is 3. The molecule has 0 fully saturated rings. The third-order valence-corrected chi connectivity index (χ3v) is 5.10. The lowest BCUT2D eigenvalue weighted by Crippen LogP contribution is -2.16. The van der Waals surface area contributed by atoms with Gasteiger partial charge in [0.05, 0.1) is 23.2 Å². The van der Waals surface area contributed by atoms with Gasteiger partial charge in [0.2, 0.25) is 5.91 Å². The molecule has 158 valence electrons. The second-order valence-electron chi connectivity index (χ2n) is 6.42. The van der Waals surface area contributed by atoms with Crippen LogP contribution in [0, 0.1) is 0 Å². The monoisotopic (exact) mass is 445 g/mol. The maximum Gasteiger partial charge on any atom is 0.416 e. The number of aromatic amines is 1. The molecule has 1 amide bonds. The summed E-state index contributed by atoms with van der Waals surface area (Å²) in [5, 5.41) is 7.09. The third-order valence-electron chi connectivity index (χ3n) is 4.23. The largest absolute Gasteiger partial charge is 0.416 e. The van der Waals surface area contributed by atoms with E-state index in [4.69, 9.17) is 0 Å². The SMILES string of the molecule is O=C(CSc1nc2c(cnn2-c2ccccc2)c(=O)[nH]1)Nc1cccc(C(F)(F)F)c1. The van der Waals surface area contributed by atoms with Crippen LogP contribution in [-0.4, -0.2) is 31.4 Å². The molecule has 0 saturated heterocycles. The Morgan fingerprint density at radius 3 is 2.65 bits per heavy atom. The van der Waals surface area contributed by atoms with E-state index >= 15 is 0 Å². The number of fused-ring (bicyclic) bond motifs is 1. The molecule has 2 aromatic carbocycles. The molecule has 31 heavy (non-hydrogen) atoms. The minimum atomic E-state index is -4.50. The third kappa shape index (κ3) is 4.61. The van der Waals surface area contributed by atoms with E-state index in [1.54, 1.807) is 0 Å². The molecule has 4 aromatic rings. The van der Waals surface area contributed by atoms with Crippen molar-refractivity contribution in [2.45, 2.75) is 11.3 Å². The number of anilines is 1. The van der Waals surface area contributed by atoms with Crippen LogP contribution in [0.3, 0.4) is 0 Å². The molecule has 2 N–H and O–H groups in total. The van der Waals surface area contributed by atoms with Crippen molar-refractivity contribution in [3.63, 3.8) is 0 Å². The van der Waals surface area contributed by atoms with Crippen molar-refractivity contribution >= 4 is 34.4 Å². The summed E-state index contributed by atoms with van der Waals surface area (Å²) in [6.07, 6.45) is -3.10. The lowest BCUT2D eigenvalue weighted by molar-refractivity contribution is -0.137. The highest BCUT2D eigenvalue weighted by Crippen LogP contribution is 2.30. The molecular weight excluding hydrogens is 431 g/mol. The number of carbonyl (C=O) groups is 1. The number of benzene rings is 2. The summed E-state index contributed by atoms with van der Waals surface area (Å²) < 4.78 is 39.9. The molecule has 0 aliphatic carbocycles. The summed E-state index contributed by atoms with van der Waals surface area (Å²) in [4.78, 5) is 31.5. The van der Waals surface area contributed by atoms with E-state index in [-0.39, 0.29) is 16.6 Å². The molecule has 0 bridgehead atoms. The van der Waals surface area contributed by atoms with Crippen LogP contribution >= 0.6 is 11.8 Å². The first-order valence-corrected chi connectivity index (χ1v) is 9.93. The number of thioether (sulfide) groups is 1. The van der Waals surface area contributed by atoms with Gasteiger partial charge in [-0.1, -0.05) is 36.0 Å². The van der Waals surface area contributed by atoms with E-state index in [0.29, 0.717) is 16.7 Å². The van der Waals surface area contributed by atoms with Crippen LogP contribution in [0.1, 0.15) is 5.56 Å². The van der Waals surface area contributed by atoms with E-state index in [2.05, 4.69) is 20.4 Å². The number of hydrogen-bond donors (Lipinski definition) is 2. The Labute approximate surface area is 177 Å². The van der Waals surface area contributed by atoms with Crippen molar-refractivity contribution in [3.05, 3.63) is 76.7 Å². The maximum atomic E-state index is 12.8. The van der Waals surface area contributed by atoms with Crippen LogP contribution in [0.25, 0.3) is 16.7 Å². The summed E-state index contributed by atoms with van der Waals surface area (Å²) in [6.45, 7) is 0. The molecule has 0 aliphatic heterocycles. The summed E-state index contributed by atoms with van der Waals surface area (Å²) in [7, 11) is 0. The zero-order valence-corrected chi connectivity index (χ0v) is 16.5. The molecule has 0 unspecified atom stereocenters. The Kier molecular flexibility index (Phi) is 5.51. The smallest absolute Gasteiger partial charge is 0.325 e. The van der Waals surface area contributed by atoms with Gasteiger partial charge < -0.3 is 10.3 Å². The topological polar surface area (TPSA) is 92.7 Å². The number of H-pyrrole nitrogens is 1. The number of nitrogens with one attached hydrogen (secondary N) is 2. The van der Waals surface area contributed by atoms with Gasteiger partial charge in [0.15, 0.2) is 10.8 Å². The van der Waals surface area contributed by atoms with Gasteiger partial charge in [-0.25, -0.2) is 9.67 Å². The molecule has 2 aromatic heterocycles. The zero-order chi connectivity index (χ0) is 22.0. The Hall–Kier alpha value is -3.60. The Morgan fingerprint density at radius 2 is 1.90 bits per heavy atom. The number of amides is 1. The highest BCUT2D eigenvalue weighted by atomic mass is 32.2. The molecule has 0 aliphatic rings. The van der Waals surface area contributed by atoms with Gasteiger partial charge >= 0.3 is 6.18 Å². The molecule has 0 spiro atoms. The van der Waals surface area contributed by atoms with Crippen molar-refractivity contribution in [1.29, 1.82) is 0 Å². The molecule has 0 atom stereocenters. The van der Waals surface area contributed by atoms with Crippen LogP contribution in [0.15, 0.2) is 70.7 Å². The average Bonchev–Trinajstić information content (AvgIpc) is 3.17. The summed E-state index contributed by atoms with van der Waals surface area (Å²) in [5.74, 6) is -0.701. The Bertz CT molecular complexity index is 1300. The lowest BCUT2D eigenvalue weighted by Gasteiger charge is -2.09. The first-order chi connectivity index (χ1) is 14.8. The van der Waals surface area contributed by atoms with Crippen LogP contribution in [0.4, 0.5) is 18.9 Å². The molecule has 0 saturated carbocycles. The fourth-order valence-corrected chi connectivity index (χ4v) is 3.48. The molecule has 7 nitrogen and oxygen atoms in total. The number of aromatic nitrogens is 4. The average molecular weight is 445 g/mol. The van der Waals surface area contributed by atoms with E-state index in [0.717, 1.165) is 23.9 Å². The van der Waals surface area contributed by atoms with Gasteiger partial charge in [0.1, 0.15) is 5.39 Å². The van der Waals surface area contributed by atoms with E-state index in [9.17, 15) is 22.8 Å². The van der Waals surface area contributed by atoms with Crippen molar-refractivity contribution in [2.24, 2.45) is 0 Å². The summed E-state index contributed by atoms with van der Waals surface area (Å²) in [6, 6.07) is 13.5. The van der Waals surface area contributed by atoms with Gasteiger partial charge in [0, 0.05) is 5.69 Å². The van der Waals surface area contributed by atoms with Crippen LogP contribution < -0.4 is 10.9 Å². The Balaban J connectivity index is 1.50. The first kappa shape index (κ1) is 20.7. The standard InChI is InChI=1S/C20H14F3N5O2S/c21-20(22,23)12-5-4-6-13(9-12)25-16(29)11-31-19-26-17-15(18(30)27-19)10-24-28(17)14-7-2-1-3-8-14/h1-10H,11H2,(H,25,29)(H,26,27,30). The Morgan fingerprint density at radius 1 is 1.13 bits per heavy atom. The normalized spacial score (nSPS) is 11.6. The second kappa shape index (κ2) is 8.26. The first-order valence-electron chi connectivity index (χ1n) is 8.94. The van der Waals surface area contributed by atoms with Crippen LogP contribution in [-0.2, 0) is 11.0 Å². The van der Waals surface area contributed by atoms with Crippen LogP contribution in [0.2, 0.25) is 0 Å². The maximum absolute atomic E-state index is 12.8. The van der Waals surface area contributed by atoms with Crippen LogP contribution in [0.5, 0.6) is 0 Å². The molecular formula is C20H14F3N5O2S. The second-order valence-corrected chi connectivity index (χ2v) is 7.38. The minimum absolute atomic E-state index is 0.0273. The van der Waals surface area contributed by atoms with Crippen molar-refractivity contribution in [2.75, 3.05) is 11.1 Å². The zero-order valence-electron chi connectivity index (χ0n) is 15.7. The number of hydrogen-bond acceptors (Lipinski definition) is 5. The number of para-hydroxylation sites is 1. The lowest BCUT2D eigenvalue weighted by atomic mass is 10.2. The number of carbonyl (C=O) groups excluding carboxylic acids is 1. The molecule has 4 rings (SSSR count). The quantitative estimate of drug-likeness (QED) is 0.360. The highest BCUT2D eigenvalue weighted by Gasteiger charge is 2.30. The summed E-state index contributed by atoms with van der Waals surface area (Å²) >= 11 is 0.952. The number of nitrogens with zero attached hydrogens (tertiary/aromatic N) is 3. The predicted molar refractivity (Wildman–Crippen MR) is 110 cm³/mol. The molecule has 2 heterocycles. The number of rotatable bonds is 5. The van der Waals surface area contributed by atoms with Gasteiger partial charge in [-0.15, -0.1) is 0 Å². The fraction of sp³-hybridized carbons (Fsp3) is 0.100. The van der Waals surface area contributed by atoms with E-state index in [1.807, 2.05) is 30.3 Å². The van der Waals surface area contributed by atoms with Gasteiger partial charge in [-0.3, -0.25) is 9.59 Å². The predicted octanol–water partition coefficient (Wildman–Crippen LogP) is 3.86. The fourth-order valence-electron chi connectivity index (χ4n) is 2.83. The summed E-state index contributed by atoms with van der Waals surface area (Å²) in [5.41, 5.74) is -0.194. The highest BCUT2D eigenvalue weighted by molar-refractivity contribution is 7.99. The molecule has 0 radical (unpaired) electrons. The van der Waals surface area contributed by atoms with Gasteiger partial charge in [-0.2, -0.15) is 18.3 Å². The van der Waals surface area contributed by atoms with Gasteiger partial charge in [0.25, 0.3) is 5.56 Å². The van der Waals surface area contributed by atoms with Crippen molar-refractivity contribution in [3.8, 4) is 5.69 Å². The molecule has 11 heteroatoms. The number of halogens is 3.